The van der Waals surface area contributed by atoms with Crippen LogP contribution in [0, 0.1) is 0 Å². The van der Waals surface area contributed by atoms with Crippen LogP contribution in [-0.4, -0.2) is 15.9 Å². The van der Waals surface area contributed by atoms with Gasteiger partial charge in [0.1, 0.15) is 17.3 Å². The average molecular weight is 291 g/mol. The highest BCUT2D eigenvalue weighted by molar-refractivity contribution is 6.05. The number of rotatable bonds is 4. The van der Waals surface area contributed by atoms with Crippen LogP contribution >= 0.6 is 0 Å². The molecule has 1 aromatic carbocycles. The monoisotopic (exact) mass is 291 g/mol. The van der Waals surface area contributed by atoms with Crippen LogP contribution < -0.4 is 10.1 Å². The van der Waals surface area contributed by atoms with Gasteiger partial charge in [-0.15, -0.1) is 0 Å². The highest BCUT2D eigenvalue weighted by atomic mass is 16.5. The molecule has 108 valence electrons. The van der Waals surface area contributed by atoms with Gasteiger partial charge >= 0.3 is 0 Å². The largest absolute Gasteiger partial charge is 0.455 e. The quantitative estimate of drug-likeness (QED) is 0.798. The standard InChI is InChI=1S/C17H13N3O2/c21-17(20-16-9-3-4-11-19-16)14-7-1-2-8-15(14)22-13-6-5-10-18-12-13/h1-12H,(H,19,20,21). The molecule has 0 bridgehead atoms. The molecule has 0 radical (unpaired) electrons. The molecule has 0 unspecified atom stereocenters. The third kappa shape index (κ3) is 3.27. The third-order valence-corrected chi connectivity index (χ3v) is 2.90. The van der Waals surface area contributed by atoms with E-state index in [9.17, 15) is 4.79 Å². The van der Waals surface area contributed by atoms with Crippen molar-refractivity contribution in [2.45, 2.75) is 0 Å². The number of hydrogen-bond donors (Lipinski definition) is 1. The molecule has 0 spiro atoms. The molecule has 2 heterocycles. The Morgan fingerprint density at radius 2 is 1.82 bits per heavy atom. The van der Waals surface area contributed by atoms with Gasteiger partial charge in [0.15, 0.2) is 0 Å². The number of benzene rings is 1. The maximum Gasteiger partial charge on any atom is 0.260 e. The van der Waals surface area contributed by atoms with Gasteiger partial charge < -0.3 is 10.1 Å². The first-order chi connectivity index (χ1) is 10.8. The zero-order valence-corrected chi connectivity index (χ0v) is 11.6. The lowest BCUT2D eigenvalue weighted by Gasteiger charge is -2.10. The molecule has 0 fully saturated rings. The van der Waals surface area contributed by atoms with Crippen LogP contribution in [0.4, 0.5) is 5.82 Å². The van der Waals surface area contributed by atoms with Crippen LogP contribution in [0.3, 0.4) is 0 Å². The summed E-state index contributed by atoms with van der Waals surface area (Å²) in [6.45, 7) is 0. The van der Waals surface area contributed by atoms with E-state index in [0.29, 0.717) is 22.9 Å². The zero-order valence-electron chi connectivity index (χ0n) is 11.6. The number of carbonyl (C=O) groups excluding carboxylic acids is 1. The SMILES string of the molecule is O=C(Nc1ccccn1)c1ccccc1Oc1cccnc1. The van der Waals surface area contributed by atoms with Gasteiger partial charge in [-0.25, -0.2) is 4.98 Å². The van der Waals surface area contributed by atoms with Crippen molar-refractivity contribution < 1.29 is 9.53 Å². The normalized spacial score (nSPS) is 10.0. The number of para-hydroxylation sites is 1. The van der Waals surface area contributed by atoms with Gasteiger partial charge in [0.2, 0.25) is 0 Å². The molecule has 2 aromatic heterocycles. The molecule has 3 aromatic rings. The summed E-state index contributed by atoms with van der Waals surface area (Å²) in [6, 6.07) is 15.9. The van der Waals surface area contributed by atoms with E-state index in [1.165, 1.54) is 0 Å². The summed E-state index contributed by atoms with van der Waals surface area (Å²) in [6.07, 6.45) is 4.87. The van der Waals surface area contributed by atoms with Gasteiger partial charge in [-0.3, -0.25) is 9.78 Å². The summed E-state index contributed by atoms with van der Waals surface area (Å²) in [7, 11) is 0. The van der Waals surface area contributed by atoms with Crippen molar-refractivity contribution in [3.63, 3.8) is 0 Å². The summed E-state index contributed by atoms with van der Waals surface area (Å²) in [5.41, 5.74) is 0.428. The maximum absolute atomic E-state index is 12.4. The maximum atomic E-state index is 12.4. The average Bonchev–Trinajstić information content (AvgIpc) is 2.57. The third-order valence-electron chi connectivity index (χ3n) is 2.90. The number of aromatic nitrogens is 2. The zero-order chi connectivity index (χ0) is 15.2. The molecule has 0 atom stereocenters. The van der Waals surface area contributed by atoms with E-state index in [2.05, 4.69) is 15.3 Å². The van der Waals surface area contributed by atoms with E-state index in [1.54, 1.807) is 67.1 Å². The summed E-state index contributed by atoms with van der Waals surface area (Å²) >= 11 is 0. The van der Waals surface area contributed by atoms with Crippen molar-refractivity contribution in [3.05, 3.63) is 78.8 Å². The van der Waals surface area contributed by atoms with E-state index in [0.717, 1.165) is 0 Å². The van der Waals surface area contributed by atoms with E-state index in [-0.39, 0.29) is 5.91 Å². The number of hydrogen-bond acceptors (Lipinski definition) is 4. The van der Waals surface area contributed by atoms with Gasteiger partial charge in [0.25, 0.3) is 5.91 Å². The lowest BCUT2D eigenvalue weighted by Crippen LogP contribution is -2.13. The van der Waals surface area contributed by atoms with Crippen LogP contribution in [0.2, 0.25) is 0 Å². The second kappa shape index (κ2) is 6.49. The molecule has 0 aliphatic rings. The van der Waals surface area contributed by atoms with Crippen LogP contribution in [0.15, 0.2) is 73.2 Å². The number of nitrogens with zero attached hydrogens (tertiary/aromatic N) is 2. The minimum Gasteiger partial charge on any atom is -0.455 e. The summed E-state index contributed by atoms with van der Waals surface area (Å²) in [5, 5.41) is 2.74. The molecule has 0 aliphatic carbocycles. The molecule has 22 heavy (non-hydrogen) atoms. The second-order valence-electron chi connectivity index (χ2n) is 4.46. The molecule has 1 amide bonds. The molecule has 5 nitrogen and oxygen atoms in total. The summed E-state index contributed by atoms with van der Waals surface area (Å²) < 4.78 is 5.72. The molecular formula is C17H13N3O2. The van der Waals surface area contributed by atoms with Crippen molar-refractivity contribution in [1.29, 1.82) is 0 Å². The van der Waals surface area contributed by atoms with Gasteiger partial charge in [0.05, 0.1) is 11.8 Å². The van der Waals surface area contributed by atoms with Crippen LogP contribution in [0.25, 0.3) is 0 Å². The van der Waals surface area contributed by atoms with Crippen molar-refractivity contribution in [1.82, 2.24) is 9.97 Å². The molecule has 1 N–H and O–H groups in total. The van der Waals surface area contributed by atoms with Gasteiger partial charge in [-0.05, 0) is 36.4 Å². The Labute approximate surface area is 127 Å². The van der Waals surface area contributed by atoms with Crippen LogP contribution in [0.5, 0.6) is 11.5 Å². The predicted molar refractivity (Wildman–Crippen MR) is 82.9 cm³/mol. The van der Waals surface area contributed by atoms with Crippen LogP contribution in [0.1, 0.15) is 10.4 Å². The van der Waals surface area contributed by atoms with Crippen molar-refractivity contribution in [2.24, 2.45) is 0 Å². The van der Waals surface area contributed by atoms with Crippen molar-refractivity contribution >= 4 is 11.7 Å². The highest BCUT2D eigenvalue weighted by Gasteiger charge is 2.13. The molecule has 0 saturated heterocycles. The van der Waals surface area contributed by atoms with E-state index in [1.807, 2.05) is 6.07 Å². The number of amides is 1. The lowest BCUT2D eigenvalue weighted by atomic mass is 10.2. The molecule has 0 saturated carbocycles. The first-order valence-corrected chi connectivity index (χ1v) is 6.72. The first-order valence-electron chi connectivity index (χ1n) is 6.72. The highest BCUT2D eigenvalue weighted by Crippen LogP contribution is 2.25. The minimum atomic E-state index is -0.279. The number of nitrogens with one attached hydrogen (secondary N) is 1. The lowest BCUT2D eigenvalue weighted by molar-refractivity contribution is 0.102. The number of anilines is 1. The molecule has 5 heteroatoms. The van der Waals surface area contributed by atoms with Gasteiger partial charge in [-0.1, -0.05) is 18.2 Å². The fraction of sp³-hybridized carbons (Fsp3) is 0. The van der Waals surface area contributed by atoms with Gasteiger partial charge in [-0.2, -0.15) is 0 Å². The smallest absolute Gasteiger partial charge is 0.260 e. The Morgan fingerprint density at radius 1 is 0.955 bits per heavy atom. The van der Waals surface area contributed by atoms with Crippen molar-refractivity contribution in [3.8, 4) is 11.5 Å². The van der Waals surface area contributed by atoms with Gasteiger partial charge in [0, 0.05) is 12.4 Å². The molecule has 3 rings (SSSR count). The summed E-state index contributed by atoms with van der Waals surface area (Å²) in [4.78, 5) is 20.4. The fourth-order valence-electron chi connectivity index (χ4n) is 1.90. The van der Waals surface area contributed by atoms with E-state index < -0.39 is 0 Å². The van der Waals surface area contributed by atoms with Crippen molar-refractivity contribution in [2.75, 3.05) is 5.32 Å². The minimum absolute atomic E-state index is 0.279. The Morgan fingerprint density at radius 3 is 2.59 bits per heavy atom. The fourth-order valence-corrected chi connectivity index (χ4v) is 1.90. The molecular weight excluding hydrogens is 278 g/mol. The summed E-state index contributed by atoms with van der Waals surface area (Å²) in [5.74, 6) is 1.24. The number of carbonyl (C=O) groups is 1. The first kappa shape index (κ1) is 13.8. The molecule has 0 aliphatic heterocycles. The Balaban J connectivity index is 1.83. The van der Waals surface area contributed by atoms with E-state index in [4.69, 9.17) is 4.74 Å². The Kier molecular flexibility index (Phi) is 4.06. The Hall–Kier alpha value is -3.21. The topological polar surface area (TPSA) is 64.1 Å². The number of pyridine rings is 2. The van der Waals surface area contributed by atoms with E-state index >= 15 is 0 Å². The predicted octanol–water partition coefficient (Wildman–Crippen LogP) is 3.52. The Bertz CT molecular complexity index is 761. The number of ether oxygens (including phenoxy) is 1. The van der Waals surface area contributed by atoms with Crippen LogP contribution in [-0.2, 0) is 0 Å². The second-order valence-corrected chi connectivity index (χ2v) is 4.46.